The standard InChI is InChI=1S/C10H8FN7S/c11-7-4-2-1-3-6(7)9-14-17-18(16-9)5-8-13-15-10(12)19-8/h1-4H,5H2,(H2,12,15). The summed E-state index contributed by atoms with van der Waals surface area (Å²) in [6, 6.07) is 6.26. The van der Waals surface area contributed by atoms with Crippen LogP contribution in [-0.2, 0) is 6.54 Å². The minimum atomic E-state index is -0.387. The molecule has 9 heteroatoms. The van der Waals surface area contributed by atoms with Crippen LogP contribution in [0.15, 0.2) is 24.3 Å². The number of anilines is 1. The molecule has 0 bridgehead atoms. The van der Waals surface area contributed by atoms with Crippen LogP contribution in [0, 0.1) is 5.82 Å². The van der Waals surface area contributed by atoms with Crippen LogP contribution in [0.25, 0.3) is 11.4 Å². The third-order valence-corrected chi connectivity index (χ3v) is 3.06. The van der Waals surface area contributed by atoms with E-state index in [1.807, 2.05) is 0 Å². The molecule has 2 N–H and O–H groups in total. The van der Waals surface area contributed by atoms with Crippen molar-refractivity contribution in [2.24, 2.45) is 0 Å². The second kappa shape index (κ2) is 4.69. The molecule has 0 unspecified atom stereocenters. The summed E-state index contributed by atoms with van der Waals surface area (Å²) >= 11 is 1.24. The van der Waals surface area contributed by atoms with Crippen LogP contribution in [-0.4, -0.2) is 30.4 Å². The lowest BCUT2D eigenvalue weighted by Crippen LogP contribution is -2.03. The van der Waals surface area contributed by atoms with Crippen molar-refractivity contribution >= 4 is 16.5 Å². The Labute approximate surface area is 110 Å². The van der Waals surface area contributed by atoms with Gasteiger partial charge in [-0.3, -0.25) is 0 Å². The van der Waals surface area contributed by atoms with Gasteiger partial charge in [0.1, 0.15) is 17.4 Å². The van der Waals surface area contributed by atoms with E-state index in [4.69, 9.17) is 5.73 Å². The smallest absolute Gasteiger partial charge is 0.207 e. The molecule has 3 aromatic rings. The summed E-state index contributed by atoms with van der Waals surface area (Å²) in [5.41, 5.74) is 5.79. The van der Waals surface area contributed by atoms with E-state index < -0.39 is 0 Å². The number of hydrogen-bond donors (Lipinski definition) is 1. The number of nitrogens with two attached hydrogens (primary N) is 1. The number of benzene rings is 1. The molecule has 0 saturated carbocycles. The van der Waals surface area contributed by atoms with Crippen molar-refractivity contribution in [2.75, 3.05) is 5.73 Å². The molecule has 3 rings (SSSR count). The van der Waals surface area contributed by atoms with Crippen LogP contribution in [0.5, 0.6) is 0 Å². The quantitative estimate of drug-likeness (QED) is 0.766. The maximum atomic E-state index is 13.6. The number of nitrogens with zero attached hydrogens (tertiary/aromatic N) is 6. The maximum Gasteiger partial charge on any atom is 0.207 e. The van der Waals surface area contributed by atoms with Gasteiger partial charge in [0, 0.05) is 0 Å². The molecule has 0 atom stereocenters. The average molecular weight is 277 g/mol. The number of tetrazole rings is 1. The molecule has 2 heterocycles. The van der Waals surface area contributed by atoms with Crippen molar-refractivity contribution in [3.05, 3.63) is 35.1 Å². The van der Waals surface area contributed by atoms with Crippen LogP contribution < -0.4 is 5.73 Å². The lowest BCUT2D eigenvalue weighted by atomic mass is 10.2. The zero-order valence-electron chi connectivity index (χ0n) is 9.56. The van der Waals surface area contributed by atoms with E-state index in [2.05, 4.69) is 25.6 Å². The third-order valence-electron chi connectivity index (χ3n) is 2.33. The summed E-state index contributed by atoms with van der Waals surface area (Å²) in [4.78, 5) is 1.32. The van der Waals surface area contributed by atoms with Crippen LogP contribution >= 0.6 is 11.3 Å². The SMILES string of the molecule is Nc1nnc(Cn2nnc(-c3ccccc3F)n2)s1. The first-order chi connectivity index (χ1) is 9.22. The number of nitrogen functional groups attached to an aromatic ring is 1. The van der Waals surface area contributed by atoms with E-state index in [1.54, 1.807) is 18.2 Å². The summed E-state index contributed by atoms with van der Waals surface area (Å²) in [5.74, 6) is -0.155. The van der Waals surface area contributed by atoms with Crippen LogP contribution in [0.3, 0.4) is 0 Å². The highest BCUT2D eigenvalue weighted by Crippen LogP contribution is 2.17. The van der Waals surface area contributed by atoms with Crippen molar-refractivity contribution < 1.29 is 4.39 Å². The molecule has 1 aromatic carbocycles. The Morgan fingerprint density at radius 1 is 1.21 bits per heavy atom. The molecule has 7 nitrogen and oxygen atoms in total. The van der Waals surface area contributed by atoms with Crippen molar-refractivity contribution in [1.82, 2.24) is 30.4 Å². The van der Waals surface area contributed by atoms with Crippen LogP contribution in [0.4, 0.5) is 9.52 Å². The third kappa shape index (κ3) is 2.40. The van der Waals surface area contributed by atoms with Gasteiger partial charge < -0.3 is 5.73 Å². The van der Waals surface area contributed by atoms with Gasteiger partial charge in [-0.1, -0.05) is 23.5 Å². The van der Waals surface area contributed by atoms with Crippen molar-refractivity contribution in [2.45, 2.75) is 6.54 Å². The first-order valence-electron chi connectivity index (χ1n) is 5.33. The molecular formula is C10H8FN7S. The molecule has 19 heavy (non-hydrogen) atoms. The largest absolute Gasteiger partial charge is 0.374 e. The lowest BCUT2D eigenvalue weighted by Gasteiger charge is -1.95. The molecule has 0 spiro atoms. The zero-order valence-corrected chi connectivity index (χ0v) is 10.4. The molecule has 0 amide bonds. The molecule has 2 aromatic heterocycles. The fourth-order valence-corrected chi connectivity index (χ4v) is 2.10. The monoisotopic (exact) mass is 277 g/mol. The number of rotatable bonds is 3. The summed E-state index contributed by atoms with van der Waals surface area (Å²) < 4.78 is 13.6. The topological polar surface area (TPSA) is 95.4 Å². The highest BCUT2D eigenvalue weighted by Gasteiger charge is 2.11. The minimum absolute atomic E-state index is 0.232. The van der Waals surface area contributed by atoms with Gasteiger partial charge in [0.2, 0.25) is 11.0 Å². The zero-order chi connectivity index (χ0) is 13.2. The molecular weight excluding hydrogens is 269 g/mol. The highest BCUT2D eigenvalue weighted by atomic mass is 32.1. The van der Waals surface area contributed by atoms with E-state index >= 15 is 0 Å². The molecule has 0 aliphatic carbocycles. The number of hydrogen-bond acceptors (Lipinski definition) is 7. The molecule has 0 saturated heterocycles. The molecule has 0 aliphatic rings. The van der Waals surface area contributed by atoms with Gasteiger partial charge in [-0.15, -0.1) is 20.4 Å². The van der Waals surface area contributed by atoms with E-state index in [1.165, 1.54) is 22.2 Å². The first kappa shape index (κ1) is 11.7. The lowest BCUT2D eigenvalue weighted by molar-refractivity contribution is 0.568. The van der Waals surface area contributed by atoms with E-state index in [9.17, 15) is 4.39 Å². The summed E-state index contributed by atoms with van der Waals surface area (Å²) in [6.07, 6.45) is 0. The Hall–Kier alpha value is -2.42. The van der Waals surface area contributed by atoms with Crippen molar-refractivity contribution in [1.29, 1.82) is 0 Å². The van der Waals surface area contributed by atoms with Gasteiger partial charge >= 0.3 is 0 Å². The Kier molecular flexibility index (Phi) is 2.88. The molecule has 0 aliphatic heterocycles. The Bertz CT molecular complexity index is 707. The fraction of sp³-hybridized carbons (Fsp3) is 0.100. The van der Waals surface area contributed by atoms with Crippen LogP contribution in [0.2, 0.25) is 0 Å². The van der Waals surface area contributed by atoms with Gasteiger partial charge in [-0.25, -0.2) is 4.39 Å². The van der Waals surface area contributed by atoms with Crippen molar-refractivity contribution in [3.63, 3.8) is 0 Å². The first-order valence-corrected chi connectivity index (χ1v) is 6.14. The predicted molar refractivity (Wildman–Crippen MR) is 66.6 cm³/mol. The summed E-state index contributed by atoms with van der Waals surface area (Å²) in [7, 11) is 0. The fourth-order valence-electron chi connectivity index (χ4n) is 1.51. The summed E-state index contributed by atoms with van der Waals surface area (Å²) in [6.45, 7) is 0.302. The van der Waals surface area contributed by atoms with E-state index in [0.717, 1.165) is 0 Å². The van der Waals surface area contributed by atoms with E-state index in [0.29, 0.717) is 22.2 Å². The normalized spacial score (nSPS) is 10.8. The van der Waals surface area contributed by atoms with Gasteiger partial charge in [-0.2, -0.15) is 4.80 Å². The predicted octanol–water partition coefficient (Wildman–Crippen LogP) is 0.961. The number of halogens is 1. The Morgan fingerprint density at radius 2 is 2.05 bits per heavy atom. The Balaban J connectivity index is 1.86. The molecule has 96 valence electrons. The second-order valence-corrected chi connectivity index (χ2v) is 4.75. The van der Waals surface area contributed by atoms with Gasteiger partial charge in [-0.05, 0) is 17.3 Å². The van der Waals surface area contributed by atoms with Gasteiger partial charge in [0.05, 0.1) is 5.56 Å². The minimum Gasteiger partial charge on any atom is -0.374 e. The number of aromatic nitrogens is 6. The highest BCUT2D eigenvalue weighted by molar-refractivity contribution is 7.15. The van der Waals surface area contributed by atoms with Gasteiger partial charge in [0.25, 0.3) is 0 Å². The Morgan fingerprint density at radius 3 is 2.79 bits per heavy atom. The molecule has 0 fully saturated rings. The maximum absolute atomic E-state index is 13.6. The van der Waals surface area contributed by atoms with Gasteiger partial charge in [0.15, 0.2) is 0 Å². The average Bonchev–Trinajstić information content (AvgIpc) is 3.00. The van der Waals surface area contributed by atoms with Crippen LogP contribution in [0.1, 0.15) is 5.01 Å². The van der Waals surface area contributed by atoms with E-state index in [-0.39, 0.29) is 11.6 Å². The van der Waals surface area contributed by atoms with Crippen molar-refractivity contribution in [3.8, 4) is 11.4 Å². The second-order valence-electron chi connectivity index (χ2n) is 3.66. The summed E-state index contributed by atoms with van der Waals surface area (Å²) in [5, 5.41) is 20.3. The molecule has 0 radical (unpaired) electrons.